The molecule has 0 aromatic heterocycles. The average Bonchev–Trinajstić information content (AvgIpc) is 2.78. The Morgan fingerprint density at radius 3 is 2.50 bits per heavy atom. The Balaban J connectivity index is 1.90. The highest BCUT2D eigenvalue weighted by molar-refractivity contribution is 14.1. The molecule has 2 N–H and O–H groups in total. The number of methoxy groups -OCH3 is 2. The Hall–Kier alpha value is -2.82. The van der Waals surface area contributed by atoms with Crippen LogP contribution in [0.1, 0.15) is 31.4 Å². The summed E-state index contributed by atoms with van der Waals surface area (Å²) >= 11 is 2.17. The molecule has 0 aliphatic carbocycles. The lowest BCUT2D eigenvalue weighted by Crippen LogP contribution is -2.43. The zero-order chi connectivity index (χ0) is 23.5. The zero-order valence-corrected chi connectivity index (χ0v) is 20.8. The number of nitrogens with zero attached hydrogens (tertiary/aromatic N) is 1. The first-order chi connectivity index (χ1) is 15.4. The molecule has 0 saturated heterocycles. The van der Waals surface area contributed by atoms with Crippen molar-refractivity contribution in [3.63, 3.8) is 0 Å². The van der Waals surface area contributed by atoms with Gasteiger partial charge in [0.05, 0.1) is 37.0 Å². The van der Waals surface area contributed by atoms with Gasteiger partial charge in [-0.15, -0.1) is 0 Å². The van der Waals surface area contributed by atoms with Gasteiger partial charge < -0.3 is 19.5 Å². The van der Waals surface area contributed by atoms with E-state index in [1.54, 1.807) is 39.3 Å². The number of carbonyl (C=O) groups is 2. The molecule has 2 rings (SSSR count). The van der Waals surface area contributed by atoms with Gasteiger partial charge >= 0.3 is 0 Å². The number of hydrogen-bond acceptors (Lipinski definition) is 6. The van der Waals surface area contributed by atoms with E-state index in [0.29, 0.717) is 18.1 Å². The summed E-state index contributed by atoms with van der Waals surface area (Å²) < 4.78 is 17.1. The van der Waals surface area contributed by atoms with Crippen molar-refractivity contribution in [2.75, 3.05) is 20.8 Å². The summed E-state index contributed by atoms with van der Waals surface area (Å²) in [5.74, 6) is 1.31. The summed E-state index contributed by atoms with van der Waals surface area (Å²) in [5, 5.41) is 6.66. The summed E-state index contributed by atoms with van der Waals surface area (Å²) in [6.07, 6.45) is 2.57. The van der Waals surface area contributed by atoms with E-state index in [1.807, 2.05) is 25.1 Å². The van der Waals surface area contributed by atoms with Crippen molar-refractivity contribution in [3.05, 3.63) is 51.1 Å². The lowest BCUT2D eigenvalue weighted by Gasteiger charge is -2.13. The van der Waals surface area contributed by atoms with Crippen LogP contribution in [-0.4, -0.2) is 44.9 Å². The van der Waals surface area contributed by atoms with Crippen molar-refractivity contribution in [1.29, 1.82) is 0 Å². The Kier molecular flexibility index (Phi) is 10.3. The topological polar surface area (TPSA) is 98.2 Å². The molecule has 0 bridgehead atoms. The summed E-state index contributed by atoms with van der Waals surface area (Å²) in [7, 11) is 3.15. The van der Waals surface area contributed by atoms with Crippen molar-refractivity contribution >= 4 is 40.6 Å². The predicted octanol–water partition coefficient (Wildman–Crippen LogP) is 3.29. The molecule has 1 atom stereocenters. The highest BCUT2D eigenvalue weighted by atomic mass is 127. The van der Waals surface area contributed by atoms with E-state index in [9.17, 15) is 9.59 Å². The normalized spacial score (nSPS) is 11.7. The molecule has 0 heterocycles. The summed E-state index contributed by atoms with van der Waals surface area (Å²) in [6.45, 7) is 4.23. The van der Waals surface area contributed by atoms with Gasteiger partial charge in [0.2, 0.25) is 5.91 Å². The molecule has 1 unspecified atom stereocenters. The largest absolute Gasteiger partial charge is 0.497 e. The predicted molar refractivity (Wildman–Crippen MR) is 132 cm³/mol. The summed E-state index contributed by atoms with van der Waals surface area (Å²) in [5.41, 5.74) is 4.01. The number of hydrogen-bond donors (Lipinski definition) is 2. The Morgan fingerprint density at radius 2 is 1.88 bits per heavy atom. The minimum atomic E-state index is -0.739. The van der Waals surface area contributed by atoms with E-state index in [1.165, 1.54) is 6.21 Å². The minimum Gasteiger partial charge on any atom is -0.497 e. The lowest BCUT2D eigenvalue weighted by molar-refractivity contribution is -0.128. The third-order valence-corrected chi connectivity index (χ3v) is 5.19. The molecule has 0 fully saturated rings. The second-order valence-corrected chi connectivity index (χ2v) is 8.09. The first kappa shape index (κ1) is 25.4. The minimum absolute atomic E-state index is 0.162. The van der Waals surface area contributed by atoms with Gasteiger partial charge in [0, 0.05) is 0 Å². The fourth-order valence-corrected chi connectivity index (χ4v) is 3.49. The fraction of sp³-hybridized carbons (Fsp3) is 0.348. The quantitative estimate of drug-likeness (QED) is 0.253. The SMILES string of the molecule is CCCOc1c(I)cc(C=NNC(=O)C(C)NC(=O)Cc2ccc(OC)cc2)cc1OC. The van der Waals surface area contributed by atoms with Crippen molar-refractivity contribution < 1.29 is 23.8 Å². The monoisotopic (exact) mass is 553 g/mol. The zero-order valence-electron chi connectivity index (χ0n) is 18.6. The standard InChI is InChI=1S/C23H28IN3O5/c1-5-10-32-22-19(24)11-17(12-20(22)31-4)14-25-27-23(29)15(2)26-21(28)13-16-6-8-18(30-3)9-7-16/h6-9,11-12,14-15H,5,10,13H2,1-4H3,(H,26,28)(H,27,29). The Bertz CT molecular complexity index is 947. The molecule has 0 radical (unpaired) electrons. The van der Waals surface area contributed by atoms with Crippen molar-refractivity contribution in [2.45, 2.75) is 32.7 Å². The molecule has 9 heteroatoms. The molecule has 0 aliphatic rings. The Labute approximate surface area is 201 Å². The smallest absolute Gasteiger partial charge is 0.262 e. The maximum atomic E-state index is 12.3. The number of halogens is 1. The van der Waals surface area contributed by atoms with Crippen LogP contribution in [0.3, 0.4) is 0 Å². The van der Waals surface area contributed by atoms with Gasteiger partial charge in [-0.3, -0.25) is 9.59 Å². The van der Waals surface area contributed by atoms with Gasteiger partial charge in [0.25, 0.3) is 5.91 Å². The van der Waals surface area contributed by atoms with Crippen LogP contribution in [-0.2, 0) is 16.0 Å². The van der Waals surface area contributed by atoms with Crippen molar-refractivity contribution in [1.82, 2.24) is 10.7 Å². The Morgan fingerprint density at radius 1 is 1.16 bits per heavy atom. The molecule has 0 saturated carbocycles. The van der Waals surface area contributed by atoms with Crippen molar-refractivity contribution in [3.8, 4) is 17.2 Å². The molecule has 0 spiro atoms. The number of carbonyl (C=O) groups excluding carboxylic acids is 2. The first-order valence-corrected chi connectivity index (χ1v) is 11.2. The fourth-order valence-electron chi connectivity index (χ4n) is 2.71. The van der Waals surface area contributed by atoms with Gasteiger partial charge in [-0.2, -0.15) is 5.10 Å². The van der Waals surface area contributed by atoms with Gasteiger partial charge in [-0.1, -0.05) is 19.1 Å². The van der Waals surface area contributed by atoms with Gasteiger partial charge in [0.1, 0.15) is 11.8 Å². The van der Waals surface area contributed by atoms with Gasteiger partial charge in [-0.25, -0.2) is 5.43 Å². The van der Waals surface area contributed by atoms with Gasteiger partial charge in [0.15, 0.2) is 11.5 Å². The number of benzene rings is 2. The molecule has 2 aromatic rings. The van der Waals surface area contributed by atoms with Crippen LogP contribution in [0.15, 0.2) is 41.5 Å². The molecular weight excluding hydrogens is 525 g/mol. The molecule has 32 heavy (non-hydrogen) atoms. The van der Waals surface area contributed by atoms with E-state index >= 15 is 0 Å². The lowest BCUT2D eigenvalue weighted by atomic mass is 10.1. The van der Waals surface area contributed by atoms with Crippen molar-refractivity contribution in [2.24, 2.45) is 5.10 Å². The third kappa shape index (κ3) is 7.70. The van der Waals surface area contributed by atoms with E-state index in [0.717, 1.165) is 26.9 Å². The summed E-state index contributed by atoms with van der Waals surface area (Å²) in [6, 6.07) is 10.1. The van der Waals surface area contributed by atoms with Crippen LogP contribution < -0.4 is 25.0 Å². The first-order valence-electron chi connectivity index (χ1n) is 10.1. The van der Waals surface area contributed by atoms with Crippen LogP contribution in [0, 0.1) is 3.57 Å². The molecule has 0 aliphatic heterocycles. The molecular formula is C23H28IN3O5. The number of rotatable bonds is 11. The third-order valence-electron chi connectivity index (χ3n) is 4.39. The molecule has 2 amide bonds. The second kappa shape index (κ2) is 12.9. The van der Waals surface area contributed by atoms with Gasteiger partial charge in [-0.05, 0) is 71.3 Å². The number of hydrazone groups is 1. The van der Waals surface area contributed by atoms with E-state index in [2.05, 4.69) is 38.4 Å². The highest BCUT2D eigenvalue weighted by Gasteiger charge is 2.15. The average molecular weight is 553 g/mol. The number of nitrogens with one attached hydrogen (secondary N) is 2. The maximum Gasteiger partial charge on any atom is 0.262 e. The number of ether oxygens (including phenoxy) is 3. The summed E-state index contributed by atoms with van der Waals surface area (Å²) in [4.78, 5) is 24.5. The number of amides is 2. The highest BCUT2D eigenvalue weighted by Crippen LogP contribution is 2.33. The van der Waals surface area contributed by atoms with Crippen LogP contribution >= 0.6 is 22.6 Å². The van der Waals surface area contributed by atoms with E-state index in [4.69, 9.17) is 14.2 Å². The second-order valence-electron chi connectivity index (χ2n) is 6.93. The van der Waals surface area contributed by atoms with E-state index in [-0.39, 0.29) is 12.3 Å². The van der Waals surface area contributed by atoms with Crippen LogP contribution in [0.2, 0.25) is 0 Å². The van der Waals surface area contributed by atoms with E-state index < -0.39 is 11.9 Å². The van der Waals surface area contributed by atoms with Crippen LogP contribution in [0.4, 0.5) is 0 Å². The molecule has 8 nitrogen and oxygen atoms in total. The maximum absolute atomic E-state index is 12.3. The molecule has 172 valence electrons. The molecule has 2 aromatic carbocycles. The van der Waals surface area contributed by atoms with Crippen LogP contribution in [0.25, 0.3) is 0 Å². The van der Waals surface area contributed by atoms with Crippen LogP contribution in [0.5, 0.6) is 17.2 Å².